The molecule has 0 fully saturated rings. The van der Waals surface area contributed by atoms with Crippen molar-refractivity contribution < 1.29 is 4.39 Å². The van der Waals surface area contributed by atoms with Gasteiger partial charge in [0.05, 0.1) is 5.69 Å². The first kappa shape index (κ1) is 11.8. The maximum absolute atomic E-state index is 13.5. The lowest BCUT2D eigenvalue weighted by Crippen LogP contribution is -2.31. The van der Waals surface area contributed by atoms with E-state index in [0.717, 1.165) is 0 Å². The lowest BCUT2D eigenvalue weighted by Gasteiger charge is -2.23. The number of hydrogen-bond donors (Lipinski definition) is 2. The first-order valence-corrected chi connectivity index (χ1v) is 4.87. The number of hydrogen-bond acceptors (Lipinski definition) is 4. The molecule has 0 saturated carbocycles. The van der Waals surface area contributed by atoms with Crippen LogP contribution in [0.3, 0.4) is 0 Å². The molecular formula is C10H17FN4. The summed E-state index contributed by atoms with van der Waals surface area (Å²) in [5, 5.41) is 2.94. The van der Waals surface area contributed by atoms with E-state index in [-0.39, 0.29) is 11.2 Å². The zero-order chi connectivity index (χ0) is 11.5. The van der Waals surface area contributed by atoms with E-state index in [1.807, 2.05) is 13.8 Å². The van der Waals surface area contributed by atoms with Gasteiger partial charge in [0.15, 0.2) is 11.6 Å². The number of nitrogens with one attached hydrogen (secondary N) is 1. The van der Waals surface area contributed by atoms with Crippen LogP contribution in [0, 0.1) is 18.2 Å². The molecule has 1 rings (SSSR count). The first-order chi connectivity index (χ1) is 6.96. The minimum atomic E-state index is -0.398. The fourth-order valence-corrected chi connectivity index (χ4v) is 0.976. The van der Waals surface area contributed by atoms with Gasteiger partial charge in [0.25, 0.3) is 0 Å². The number of halogens is 1. The molecule has 0 aliphatic rings. The molecule has 0 aliphatic heterocycles. The molecule has 3 N–H and O–H groups in total. The van der Waals surface area contributed by atoms with E-state index in [1.165, 1.54) is 6.33 Å². The molecule has 5 heteroatoms. The van der Waals surface area contributed by atoms with Crippen molar-refractivity contribution in [3.05, 3.63) is 17.8 Å². The maximum Gasteiger partial charge on any atom is 0.186 e. The Morgan fingerprint density at radius 3 is 2.73 bits per heavy atom. The molecule has 0 radical (unpaired) electrons. The van der Waals surface area contributed by atoms with Crippen LogP contribution in [0.25, 0.3) is 0 Å². The highest BCUT2D eigenvalue weighted by atomic mass is 19.1. The van der Waals surface area contributed by atoms with Crippen molar-refractivity contribution in [3.8, 4) is 0 Å². The Hall–Kier alpha value is -1.23. The van der Waals surface area contributed by atoms with Crippen LogP contribution in [-0.4, -0.2) is 23.1 Å². The standard InChI is InChI=1S/C10H17FN4/c1-7-8(11)9(15-6-14-7)13-5-10(2,3)4-12/h6H,4-5,12H2,1-3H3,(H,13,14,15). The number of aromatic nitrogens is 2. The van der Waals surface area contributed by atoms with Crippen LogP contribution < -0.4 is 11.1 Å². The quantitative estimate of drug-likeness (QED) is 0.790. The Morgan fingerprint density at radius 2 is 2.13 bits per heavy atom. The summed E-state index contributed by atoms with van der Waals surface area (Å²) < 4.78 is 13.5. The lowest BCUT2D eigenvalue weighted by molar-refractivity contribution is 0.404. The van der Waals surface area contributed by atoms with Gasteiger partial charge in [-0.05, 0) is 18.9 Å². The number of aryl methyl sites for hydroxylation is 1. The van der Waals surface area contributed by atoms with Gasteiger partial charge in [0.1, 0.15) is 6.33 Å². The molecule has 0 bridgehead atoms. The molecule has 0 spiro atoms. The fourth-order valence-electron chi connectivity index (χ4n) is 0.976. The predicted octanol–water partition coefficient (Wildman–Crippen LogP) is 1.32. The number of nitrogens with two attached hydrogens (primary N) is 1. The zero-order valence-corrected chi connectivity index (χ0v) is 9.34. The molecule has 0 aromatic carbocycles. The molecule has 0 amide bonds. The smallest absolute Gasteiger partial charge is 0.186 e. The van der Waals surface area contributed by atoms with Crippen molar-refractivity contribution >= 4 is 5.82 Å². The van der Waals surface area contributed by atoms with E-state index in [9.17, 15) is 4.39 Å². The molecule has 15 heavy (non-hydrogen) atoms. The van der Waals surface area contributed by atoms with Crippen LogP contribution in [-0.2, 0) is 0 Å². The Kier molecular flexibility index (Phi) is 3.57. The van der Waals surface area contributed by atoms with Gasteiger partial charge in [-0.25, -0.2) is 14.4 Å². The summed E-state index contributed by atoms with van der Waals surface area (Å²) in [5.74, 6) is -0.158. The van der Waals surface area contributed by atoms with Crippen LogP contribution in [0.5, 0.6) is 0 Å². The van der Waals surface area contributed by atoms with Crippen LogP contribution >= 0.6 is 0 Å². The van der Waals surface area contributed by atoms with Crippen LogP contribution in [0.2, 0.25) is 0 Å². The SMILES string of the molecule is Cc1ncnc(NCC(C)(C)CN)c1F. The van der Waals surface area contributed by atoms with Gasteiger partial charge in [-0.3, -0.25) is 0 Å². The fraction of sp³-hybridized carbons (Fsp3) is 0.600. The third-order valence-corrected chi connectivity index (χ3v) is 2.25. The second-order valence-electron chi connectivity index (χ2n) is 4.34. The average molecular weight is 212 g/mol. The van der Waals surface area contributed by atoms with Crippen molar-refractivity contribution in [2.75, 3.05) is 18.4 Å². The van der Waals surface area contributed by atoms with Gasteiger partial charge in [0, 0.05) is 6.54 Å². The summed E-state index contributed by atoms with van der Waals surface area (Å²) in [6.45, 7) is 6.73. The van der Waals surface area contributed by atoms with Gasteiger partial charge in [-0.2, -0.15) is 0 Å². The first-order valence-electron chi connectivity index (χ1n) is 4.87. The molecule has 1 aromatic rings. The largest absolute Gasteiger partial charge is 0.367 e. The molecule has 84 valence electrons. The minimum absolute atomic E-state index is 0.0781. The summed E-state index contributed by atoms with van der Waals surface area (Å²) >= 11 is 0. The van der Waals surface area contributed by atoms with Crippen molar-refractivity contribution in [1.29, 1.82) is 0 Å². The molecule has 1 heterocycles. The Bertz CT molecular complexity index is 338. The van der Waals surface area contributed by atoms with E-state index in [0.29, 0.717) is 18.8 Å². The third kappa shape index (κ3) is 3.13. The highest BCUT2D eigenvalue weighted by Crippen LogP contribution is 2.16. The van der Waals surface area contributed by atoms with Crippen molar-refractivity contribution in [1.82, 2.24) is 9.97 Å². The summed E-state index contributed by atoms with van der Waals surface area (Å²) in [6, 6.07) is 0. The second kappa shape index (κ2) is 4.53. The van der Waals surface area contributed by atoms with Gasteiger partial charge in [0.2, 0.25) is 0 Å². The topological polar surface area (TPSA) is 63.8 Å². The Labute approximate surface area is 89.1 Å². The van der Waals surface area contributed by atoms with Crippen LogP contribution in [0.15, 0.2) is 6.33 Å². The van der Waals surface area contributed by atoms with Gasteiger partial charge >= 0.3 is 0 Å². The highest BCUT2D eigenvalue weighted by Gasteiger charge is 2.16. The number of rotatable bonds is 4. The predicted molar refractivity (Wildman–Crippen MR) is 58.1 cm³/mol. The highest BCUT2D eigenvalue weighted by molar-refractivity contribution is 5.37. The van der Waals surface area contributed by atoms with E-state index in [2.05, 4.69) is 15.3 Å². The van der Waals surface area contributed by atoms with Crippen LogP contribution in [0.4, 0.5) is 10.2 Å². The summed E-state index contributed by atoms with van der Waals surface area (Å²) in [5.41, 5.74) is 5.84. The Morgan fingerprint density at radius 1 is 1.47 bits per heavy atom. The number of anilines is 1. The van der Waals surface area contributed by atoms with E-state index in [4.69, 9.17) is 5.73 Å². The molecule has 0 saturated heterocycles. The van der Waals surface area contributed by atoms with Crippen LogP contribution in [0.1, 0.15) is 19.5 Å². The monoisotopic (exact) mass is 212 g/mol. The maximum atomic E-state index is 13.5. The molecule has 4 nitrogen and oxygen atoms in total. The molecule has 1 aromatic heterocycles. The summed E-state index contributed by atoms with van der Waals surface area (Å²) in [4.78, 5) is 7.59. The molecular weight excluding hydrogens is 195 g/mol. The summed E-state index contributed by atoms with van der Waals surface area (Å²) in [7, 11) is 0. The van der Waals surface area contributed by atoms with E-state index >= 15 is 0 Å². The van der Waals surface area contributed by atoms with Crippen molar-refractivity contribution in [3.63, 3.8) is 0 Å². The number of nitrogens with zero attached hydrogens (tertiary/aromatic N) is 2. The van der Waals surface area contributed by atoms with Gasteiger partial charge in [-0.15, -0.1) is 0 Å². The van der Waals surface area contributed by atoms with Gasteiger partial charge in [-0.1, -0.05) is 13.8 Å². The second-order valence-corrected chi connectivity index (χ2v) is 4.34. The van der Waals surface area contributed by atoms with Crippen molar-refractivity contribution in [2.45, 2.75) is 20.8 Å². The van der Waals surface area contributed by atoms with E-state index < -0.39 is 5.82 Å². The summed E-state index contributed by atoms with van der Waals surface area (Å²) in [6.07, 6.45) is 1.34. The average Bonchev–Trinajstić information content (AvgIpc) is 2.20. The minimum Gasteiger partial charge on any atom is -0.367 e. The van der Waals surface area contributed by atoms with E-state index in [1.54, 1.807) is 6.92 Å². The molecule has 0 aliphatic carbocycles. The third-order valence-electron chi connectivity index (χ3n) is 2.25. The lowest BCUT2D eigenvalue weighted by atomic mass is 9.94. The zero-order valence-electron chi connectivity index (χ0n) is 9.34. The Balaban J connectivity index is 2.70. The molecule has 0 atom stereocenters. The molecule has 0 unspecified atom stereocenters. The normalized spacial score (nSPS) is 11.5. The van der Waals surface area contributed by atoms with Gasteiger partial charge < -0.3 is 11.1 Å². The van der Waals surface area contributed by atoms with Crippen molar-refractivity contribution in [2.24, 2.45) is 11.1 Å².